The van der Waals surface area contributed by atoms with Crippen molar-refractivity contribution in [1.82, 2.24) is 4.98 Å². The van der Waals surface area contributed by atoms with E-state index in [1.165, 1.54) is 32.9 Å². The number of ether oxygens (including phenoxy) is 1. The Balaban J connectivity index is 1.75. The highest BCUT2D eigenvalue weighted by Gasteiger charge is 2.28. The molecular formula is C23H25NO. The molecule has 0 radical (unpaired) electrons. The van der Waals surface area contributed by atoms with E-state index in [-0.39, 0.29) is 5.60 Å². The highest BCUT2D eigenvalue weighted by molar-refractivity contribution is 6.10. The van der Waals surface area contributed by atoms with Crippen LogP contribution >= 0.6 is 0 Å². The number of H-pyrrole nitrogens is 1. The molecule has 0 saturated heterocycles. The Morgan fingerprint density at radius 1 is 1.16 bits per heavy atom. The Kier molecular flexibility index (Phi) is 3.72. The number of aromatic nitrogens is 1. The number of aromatic amines is 1. The van der Waals surface area contributed by atoms with Gasteiger partial charge in [0.05, 0.1) is 5.52 Å². The molecule has 3 aromatic rings. The van der Waals surface area contributed by atoms with Crippen molar-refractivity contribution in [2.45, 2.75) is 46.1 Å². The summed E-state index contributed by atoms with van der Waals surface area (Å²) in [7, 11) is 0. The monoisotopic (exact) mass is 331 g/mol. The van der Waals surface area contributed by atoms with Gasteiger partial charge in [-0.05, 0) is 77.0 Å². The summed E-state index contributed by atoms with van der Waals surface area (Å²) in [6.07, 6.45) is 8.74. The van der Waals surface area contributed by atoms with Gasteiger partial charge in [0, 0.05) is 21.9 Å². The third kappa shape index (κ3) is 2.86. The minimum Gasteiger partial charge on any atom is -0.483 e. The lowest BCUT2D eigenvalue weighted by Gasteiger charge is -2.31. The third-order valence-electron chi connectivity index (χ3n) is 5.07. The van der Waals surface area contributed by atoms with Crippen LogP contribution in [0.25, 0.3) is 27.9 Å². The number of allylic oxidation sites excluding steroid dienone is 2. The number of fused-ring (bicyclic) bond motifs is 5. The van der Waals surface area contributed by atoms with Crippen LogP contribution in [0.1, 0.15) is 44.7 Å². The first kappa shape index (κ1) is 16.0. The Hall–Kier alpha value is -2.48. The molecule has 0 spiro atoms. The fourth-order valence-electron chi connectivity index (χ4n) is 3.67. The van der Waals surface area contributed by atoms with Crippen molar-refractivity contribution in [2.75, 3.05) is 0 Å². The van der Waals surface area contributed by atoms with Crippen LogP contribution in [-0.4, -0.2) is 10.6 Å². The van der Waals surface area contributed by atoms with Crippen LogP contribution in [0.15, 0.2) is 48.1 Å². The molecule has 1 aliphatic heterocycles. The SMILES string of the molecule is CC(C)=CCC[C@@]1(C)C=Cc2c(ccc3c2[nH]c2ccc(C)cc23)O1. The lowest BCUT2D eigenvalue weighted by Crippen LogP contribution is -2.31. The molecule has 0 amide bonds. The van der Waals surface area contributed by atoms with Gasteiger partial charge in [0.15, 0.2) is 0 Å². The molecule has 0 saturated carbocycles. The van der Waals surface area contributed by atoms with Crippen molar-refractivity contribution in [3.63, 3.8) is 0 Å². The molecule has 2 heteroatoms. The predicted molar refractivity (Wildman–Crippen MR) is 107 cm³/mol. The number of hydrogen-bond acceptors (Lipinski definition) is 1. The van der Waals surface area contributed by atoms with Crippen molar-refractivity contribution < 1.29 is 4.74 Å². The predicted octanol–water partition coefficient (Wildman–Crippen LogP) is 6.54. The molecule has 2 aromatic carbocycles. The number of rotatable bonds is 3. The molecular weight excluding hydrogens is 306 g/mol. The quantitative estimate of drug-likeness (QED) is 0.541. The van der Waals surface area contributed by atoms with E-state index in [4.69, 9.17) is 4.74 Å². The van der Waals surface area contributed by atoms with Gasteiger partial charge in [0.1, 0.15) is 11.4 Å². The molecule has 1 aliphatic rings. The summed E-state index contributed by atoms with van der Waals surface area (Å²) < 4.78 is 6.39. The number of benzene rings is 2. The zero-order valence-corrected chi connectivity index (χ0v) is 15.4. The Bertz CT molecular complexity index is 1020. The molecule has 4 rings (SSSR count). The van der Waals surface area contributed by atoms with Crippen LogP contribution in [-0.2, 0) is 0 Å². The summed E-state index contributed by atoms with van der Waals surface area (Å²) in [5.41, 5.74) is 5.91. The maximum absolute atomic E-state index is 6.39. The molecule has 0 fully saturated rings. The molecule has 0 bridgehead atoms. The highest BCUT2D eigenvalue weighted by Crippen LogP contribution is 2.39. The van der Waals surface area contributed by atoms with E-state index in [9.17, 15) is 0 Å². The number of hydrogen-bond donors (Lipinski definition) is 1. The maximum atomic E-state index is 6.39. The van der Waals surface area contributed by atoms with E-state index in [0.29, 0.717) is 0 Å². The van der Waals surface area contributed by atoms with E-state index in [1.54, 1.807) is 0 Å². The van der Waals surface area contributed by atoms with E-state index < -0.39 is 0 Å². The van der Waals surface area contributed by atoms with Crippen molar-refractivity contribution in [3.05, 3.63) is 59.2 Å². The summed E-state index contributed by atoms with van der Waals surface area (Å²) in [6.45, 7) is 8.59. The summed E-state index contributed by atoms with van der Waals surface area (Å²) in [6, 6.07) is 10.9. The molecule has 25 heavy (non-hydrogen) atoms. The van der Waals surface area contributed by atoms with Crippen LogP contribution in [0.5, 0.6) is 5.75 Å². The van der Waals surface area contributed by atoms with Gasteiger partial charge in [-0.1, -0.05) is 23.3 Å². The van der Waals surface area contributed by atoms with Gasteiger partial charge in [-0.25, -0.2) is 0 Å². The van der Waals surface area contributed by atoms with Crippen LogP contribution in [0.4, 0.5) is 0 Å². The molecule has 2 nitrogen and oxygen atoms in total. The summed E-state index contributed by atoms with van der Waals surface area (Å²) in [5, 5.41) is 2.54. The molecule has 1 N–H and O–H groups in total. The first-order valence-electron chi connectivity index (χ1n) is 9.02. The molecule has 128 valence electrons. The van der Waals surface area contributed by atoms with Gasteiger partial charge in [0.25, 0.3) is 0 Å². The van der Waals surface area contributed by atoms with Crippen molar-refractivity contribution in [3.8, 4) is 5.75 Å². The van der Waals surface area contributed by atoms with E-state index in [2.05, 4.69) is 81.2 Å². The van der Waals surface area contributed by atoms with Crippen molar-refractivity contribution in [2.24, 2.45) is 0 Å². The van der Waals surface area contributed by atoms with Gasteiger partial charge < -0.3 is 9.72 Å². The Labute approximate surface area is 149 Å². The first-order valence-corrected chi connectivity index (χ1v) is 9.02. The van der Waals surface area contributed by atoms with Gasteiger partial charge in [-0.3, -0.25) is 0 Å². The largest absolute Gasteiger partial charge is 0.483 e. The van der Waals surface area contributed by atoms with E-state index in [0.717, 1.165) is 24.2 Å². The number of nitrogens with one attached hydrogen (secondary N) is 1. The fraction of sp³-hybridized carbons (Fsp3) is 0.304. The molecule has 1 aromatic heterocycles. The molecule has 2 heterocycles. The van der Waals surface area contributed by atoms with Crippen LogP contribution in [0.2, 0.25) is 0 Å². The average Bonchev–Trinajstić information content (AvgIpc) is 2.92. The third-order valence-corrected chi connectivity index (χ3v) is 5.07. The topological polar surface area (TPSA) is 25.0 Å². The fourth-order valence-corrected chi connectivity index (χ4v) is 3.67. The Morgan fingerprint density at radius 3 is 2.80 bits per heavy atom. The normalized spacial score (nSPS) is 19.0. The van der Waals surface area contributed by atoms with Gasteiger partial charge in [-0.15, -0.1) is 0 Å². The second-order valence-electron chi connectivity index (χ2n) is 7.64. The molecule has 1 atom stereocenters. The van der Waals surface area contributed by atoms with Gasteiger partial charge in [0.2, 0.25) is 0 Å². The summed E-state index contributed by atoms with van der Waals surface area (Å²) in [4.78, 5) is 3.58. The zero-order valence-electron chi connectivity index (χ0n) is 15.4. The average molecular weight is 331 g/mol. The lowest BCUT2D eigenvalue weighted by molar-refractivity contribution is 0.129. The smallest absolute Gasteiger partial charge is 0.129 e. The van der Waals surface area contributed by atoms with Crippen molar-refractivity contribution >= 4 is 27.9 Å². The summed E-state index contributed by atoms with van der Waals surface area (Å²) in [5.74, 6) is 0.970. The zero-order chi connectivity index (χ0) is 17.6. The minimum absolute atomic E-state index is 0.241. The van der Waals surface area contributed by atoms with Gasteiger partial charge in [-0.2, -0.15) is 0 Å². The lowest BCUT2D eigenvalue weighted by atomic mass is 9.94. The van der Waals surface area contributed by atoms with Crippen LogP contribution < -0.4 is 4.74 Å². The summed E-state index contributed by atoms with van der Waals surface area (Å²) >= 11 is 0. The number of aryl methyl sites for hydroxylation is 1. The van der Waals surface area contributed by atoms with Crippen LogP contribution in [0, 0.1) is 6.92 Å². The molecule has 0 unspecified atom stereocenters. The van der Waals surface area contributed by atoms with Gasteiger partial charge >= 0.3 is 0 Å². The Morgan fingerprint density at radius 2 is 2.00 bits per heavy atom. The first-order chi connectivity index (χ1) is 12.0. The second-order valence-corrected chi connectivity index (χ2v) is 7.64. The maximum Gasteiger partial charge on any atom is 0.129 e. The molecule has 0 aliphatic carbocycles. The van der Waals surface area contributed by atoms with E-state index >= 15 is 0 Å². The highest BCUT2D eigenvalue weighted by atomic mass is 16.5. The van der Waals surface area contributed by atoms with Crippen LogP contribution in [0.3, 0.4) is 0 Å². The van der Waals surface area contributed by atoms with Crippen molar-refractivity contribution in [1.29, 1.82) is 0 Å². The van der Waals surface area contributed by atoms with E-state index in [1.807, 2.05) is 0 Å². The minimum atomic E-state index is -0.241. The standard InChI is InChI=1S/C23H25NO/c1-15(2)6-5-12-23(4)13-11-18-21(25-23)10-8-17-19-14-16(3)7-9-20(19)24-22(17)18/h6-11,13-14,24H,5,12H2,1-4H3/t23-/m0/s1. The second kappa shape index (κ2) is 5.80.